The molecule has 1 aromatic rings. The SMILES string of the molecule is O=C(NCC1CCCC1CO)c1ccc(F)c(S)c1. The molecule has 1 aliphatic rings. The first-order valence-electron chi connectivity index (χ1n) is 6.49. The smallest absolute Gasteiger partial charge is 0.251 e. The van der Waals surface area contributed by atoms with Crippen molar-refractivity contribution in [2.45, 2.75) is 24.2 Å². The molecule has 0 saturated heterocycles. The third-order valence-corrected chi connectivity index (χ3v) is 4.13. The normalized spacial score (nSPS) is 22.5. The average molecular weight is 283 g/mol. The number of hydrogen-bond donors (Lipinski definition) is 3. The van der Waals surface area contributed by atoms with Gasteiger partial charge in [0.25, 0.3) is 5.91 Å². The maximum atomic E-state index is 13.1. The Labute approximate surface area is 117 Å². The number of thiol groups is 1. The van der Waals surface area contributed by atoms with Crippen molar-refractivity contribution in [3.63, 3.8) is 0 Å². The molecule has 5 heteroatoms. The predicted octanol–water partition coefficient (Wildman–Crippen LogP) is 2.25. The van der Waals surface area contributed by atoms with E-state index in [9.17, 15) is 14.3 Å². The summed E-state index contributed by atoms with van der Waals surface area (Å²) in [4.78, 5) is 12.1. The lowest BCUT2D eigenvalue weighted by Crippen LogP contribution is -2.31. The summed E-state index contributed by atoms with van der Waals surface area (Å²) >= 11 is 3.96. The molecule has 2 rings (SSSR count). The summed E-state index contributed by atoms with van der Waals surface area (Å²) in [6, 6.07) is 4.11. The van der Waals surface area contributed by atoms with Crippen LogP contribution in [0.15, 0.2) is 23.1 Å². The molecule has 2 N–H and O–H groups in total. The first-order valence-corrected chi connectivity index (χ1v) is 6.94. The van der Waals surface area contributed by atoms with Gasteiger partial charge in [0.15, 0.2) is 0 Å². The van der Waals surface area contributed by atoms with E-state index in [1.165, 1.54) is 18.2 Å². The monoisotopic (exact) mass is 283 g/mol. The van der Waals surface area contributed by atoms with E-state index in [4.69, 9.17) is 0 Å². The van der Waals surface area contributed by atoms with E-state index in [-0.39, 0.29) is 23.3 Å². The fourth-order valence-corrected chi connectivity index (χ4v) is 2.82. The van der Waals surface area contributed by atoms with Gasteiger partial charge in [-0.25, -0.2) is 4.39 Å². The van der Waals surface area contributed by atoms with Crippen LogP contribution in [0.1, 0.15) is 29.6 Å². The van der Waals surface area contributed by atoms with Crippen molar-refractivity contribution in [1.82, 2.24) is 5.32 Å². The fraction of sp³-hybridized carbons (Fsp3) is 0.500. The van der Waals surface area contributed by atoms with E-state index in [0.29, 0.717) is 18.0 Å². The molecule has 1 aliphatic carbocycles. The predicted molar refractivity (Wildman–Crippen MR) is 73.9 cm³/mol. The number of amides is 1. The van der Waals surface area contributed by atoms with Gasteiger partial charge in [0.1, 0.15) is 5.82 Å². The first kappa shape index (κ1) is 14.3. The lowest BCUT2D eigenvalue weighted by molar-refractivity contribution is 0.0937. The Morgan fingerprint density at radius 1 is 1.42 bits per heavy atom. The molecule has 2 atom stereocenters. The second-order valence-electron chi connectivity index (χ2n) is 5.01. The van der Waals surface area contributed by atoms with Gasteiger partial charge < -0.3 is 10.4 Å². The number of aliphatic hydroxyl groups excluding tert-OH is 1. The molecule has 104 valence electrons. The van der Waals surface area contributed by atoms with Gasteiger partial charge >= 0.3 is 0 Å². The lowest BCUT2D eigenvalue weighted by atomic mass is 9.97. The van der Waals surface area contributed by atoms with Gasteiger partial charge in [0.05, 0.1) is 0 Å². The molecule has 19 heavy (non-hydrogen) atoms. The van der Waals surface area contributed by atoms with E-state index >= 15 is 0 Å². The van der Waals surface area contributed by atoms with Crippen molar-refractivity contribution in [3.8, 4) is 0 Å². The van der Waals surface area contributed by atoms with Crippen LogP contribution >= 0.6 is 12.6 Å². The molecule has 0 radical (unpaired) electrons. The van der Waals surface area contributed by atoms with Crippen LogP contribution in [0.5, 0.6) is 0 Å². The van der Waals surface area contributed by atoms with E-state index in [0.717, 1.165) is 19.3 Å². The zero-order valence-electron chi connectivity index (χ0n) is 10.6. The maximum absolute atomic E-state index is 13.1. The van der Waals surface area contributed by atoms with Crippen molar-refractivity contribution in [2.75, 3.05) is 13.2 Å². The first-order chi connectivity index (χ1) is 9.11. The quantitative estimate of drug-likeness (QED) is 0.742. The Morgan fingerprint density at radius 3 is 2.84 bits per heavy atom. The highest BCUT2D eigenvalue weighted by Crippen LogP contribution is 2.30. The molecule has 1 fully saturated rings. The molecule has 1 aromatic carbocycles. The number of halogens is 1. The highest BCUT2D eigenvalue weighted by molar-refractivity contribution is 7.80. The van der Waals surface area contributed by atoms with Gasteiger partial charge in [-0.15, -0.1) is 12.6 Å². The van der Waals surface area contributed by atoms with Gasteiger partial charge in [-0.3, -0.25) is 4.79 Å². The van der Waals surface area contributed by atoms with E-state index in [1.54, 1.807) is 0 Å². The average Bonchev–Trinajstić information content (AvgIpc) is 2.86. The largest absolute Gasteiger partial charge is 0.396 e. The van der Waals surface area contributed by atoms with Crippen molar-refractivity contribution >= 4 is 18.5 Å². The Bertz CT molecular complexity index is 467. The zero-order chi connectivity index (χ0) is 13.8. The minimum absolute atomic E-state index is 0.168. The highest BCUT2D eigenvalue weighted by atomic mass is 32.1. The lowest BCUT2D eigenvalue weighted by Gasteiger charge is -2.17. The van der Waals surface area contributed by atoms with Gasteiger partial charge in [0.2, 0.25) is 0 Å². The molecule has 2 unspecified atom stereocenters. The van der Waals surface area contributed by atoms with Crippen molar-refractivity contribution < 1.29 is 14.3 Å². The maximum Gasteiger partial charge on any atom is 0.251 e. The summed E-state index contributed by atoms with van der Waals surface area (Å²) in [7, 11) is 0. The van der Waals surface area contributed by atoms with E-state index in [2.05, 4.69) is 17.9 Å². The summed E-state index contributed by atoms with van der Waals surface area (Å²) in [6.45, 7) is 0.737. The molecule has 0 aliphatic heterocycles. The highest BCUT2D eigenvalue weighted by Gasteiger charge is 2.26. The minimum Gasteiger partial charge on any atom is -0.396 e. The van der Waals surface area contributed by atoms with Gasteiger partial charge in [-0.1, -0.05) is 6.42 Å². The van der Waals surface area contributed by atoms with Crippen LogP contribution in [-0.2, 0) is 0 Å². The molecule has 1 amide bonds. The zero-order valence-corrected chi connectivity index (χ0v) is 11.5. The van der Waals surface area contributed by atoms with Crippen LogP contribution in [0.4, 0.5) is 4.39 Å². The van der Waals surface area contributed by atoms with Crippen molar-refractivity contribution in [2.24, 2.45) is 11.8 Å². The Morgan fingerprint density at radius 2 is 2.16 bits per heavy atom. The van der Waals surface area contributed by atoms with Gasteiger partial charge in [0, 0.05) is 23.6 Å². The molecule has 1 saturated carbocycles. The Hall–Kier alpha value is -1.07. The Balaban J connectivity index is 1.92. The molecule has 0 aromatic heterocycles. The molecule has 0 heterocycles. The summed E-state index contributed by atoms with van der Waals surface area (Å²) in [5.74, 6) is -0.0336. The molecule has 0 bridgehead atoms. The summed E-state index contributed by atoms with van der Waals surface area (Å²) < 4.78 is 13.1. The van der Waals surface area contributed by atoms with Crippen LogP contribution in [0.2, 0.25) is 0 Å². The number of hydrogen-bond acceptors (Lipinski definition) is 3. The van der Waals surface area contributed by atoms with Gasteiger partial charge in [-0.05, 0) is 42.9 Å². The van der Waals surface area contributed by atoms with Crippen molar-refractivity contribution in [1.29, 1.82) is 0 Å². The number of carbonyl (C=O) groups is 1. The molecule has 3 nitrogen and oxygen atoms in total. The van der Waals surface area contributed by atoms with Crippen molar-refractivity contribution in [3.05, 3.63) is 29.6 Å². The summed E-state index contributed by atoms with van der Waals surface area (Å²) in [5.41, 5.74) is 0.407. The minimum atomic E-state index is -0.434. The van der Waals surface area contributed by atoms with Crippen LogP contribution in [0, 0.1) is 17.7 Å². The van der Waals surface area contributed by atoms with Crippen LogP contribution in [-0.4, -0.2) is 24.2 Å². The molecular formula is C14H18FNO2S. The van der Waals surface area contributed by atoms with Gasteiger partial charge in [-0.2, -0.15) is 0 Å². The number of aliphatic hydroxyl groups is 1. The summed E-state index contributed by atoms with van der Waals surface area (Å²) in [6.07, 6.45) is 3.16. The third-order valence-electron chi connectivity index (χ3n) is 3.78. The van der Waals surface area contributed by atoms with E-state index < -0.39 is 5.82 Å². The van der Waals surface area contributed by atoms with Crippen LogP contribution < -0.4 is 5.32 Å². The molecular weight excluding hydrogens is 265 g/mol. The standard InChI is InChI=1S/C14H18FNO2S/c15-12-5-4-9(6-13(12)19)14(18)16-7-10-2-1-3-11(10)8-17/h4-6,10-11,17,19H,1-3,7-8H2,(H,16,18). The van der Waals surface area contributed by atoms with Crippen LogP contribution in [0.25, 0.3) is 0 Å². The number of nitrogens with one attached hydrogen (secondary N) is 1. The topological polar surface area (TPSA) is 49.3 Å². The number of carbonyl (C=O) groups excluding carboxylic acids is 1. The number of benzene rings is 1. The van der Waals surface area contributed by atoms with Crippen LogP contribution in [0.3, 0.4) is 0 Å². The third kappa shape index (κ3) is 3.48. The second-order valence-corrected chi connectivity index (χ2v) is 5.49. The Kier molecular flexibility index (Phi) is 4.82. The van der Waals surface area contributed by atoms with E-state index in [1.807, 2.05) is 0 Å². The fourth-order valence-electron chi connectivity index (χ4n) is 2.60. The summed E-state index contributed by atoms with van der Waals surface area (Å²) in [5, 5.41) is 12.1. The second kappa shape index (κ2) is 6.39. The molecule has 0 spiro atoms. The number of rotatable bonds is 4.